The number of Topliss-reactive ketones (excluding diaryl/α,β-unsaturated/α-hetero) is 1. The first-order valence-corrected chi connectivity index (χ1v) is 6.60. The Labute approximate surface area is 111 Å². The van der Waals surface area contributed by atoms with Crippen molar-refractivity contribution in [1.82, 2.24) is 9.47 Å². The fraction of sp³-hybridized carbons (Fsp3) is 0.571. The lowest BCUT2D eigenvalue weighted by atomic mass is 9.88. The third kappa shape index (κ3) is 1.98. The van der Waals surface area contributed by atoms with E-state index in [0.717, 1.165) is 12.8 Å². The van der Waals surface area contributed by atoms with Crippen LogP contribution in [0.1, 0.15) is 40.6 Å². The van der Waals surface area contributed by atoms with Crippen molar-refractivity contribution in [1.29, 1.82) is 0 Å². The molecule has 0 spiro atoms. The minimum absolute atomic E-state index is 0.0484. The molecule has 1 aromatic heterocycles. The van der Waals surface area contributed by atoms with Gasteiger partial charge in [0.2, 0.25) is 0 Å². The molecule has 1 saturated heterocycles. The van der Waals surface area contributed by atoms with Gasteiger partial charge in [-0.15, -0.1) is 0 Å². The predicted molar refractivity (Wildman–Crippen MR) is 69.0 cm³/mol. The number of amides is 1. The first-order chi connectivity index (χ1) is 8.90. The summed E-state index contributed by atoms with van der Waals surface area (Å²) >= 11 is 0. The molecular formula is C14H18N2O3. The zero-order valence-electron chi connectivity index (χ0n) is 11.2. The Kier molecular flexibility index (Phi) is 2.57. The number of carbonyl (C=O) groups is 2. The van der Waals surface area contributed by atoms with Crippen molar-refractivity contribution in [2.45, 2.75) is 25.4 Å². The highest BCUT2D eigenvalue weighted by Crippen LogP contribution is 2.44. The molecule has 102 valence electrons. The van der Waals surface area contributed by atoms with Crippen LogP contribution in [0.4, 0.5) is 0 Å². The number of aliphatic hydroxyl groups is 1. The summed E-state index contributed by atoms with van der Waals surface area (Å²) in [5.41, 5.74) is 0.386. The van der Waals surface area contributed by atoms with Crippen LogP contribution in [-0.4, -0.2) is 45.0 Å². The van der Waals surface area contributed by atoms with Gasteiger partial charge in [-0.3, -0.25) is 9.59 Å². The molecule has 5 nitrogen and oxygen atoms in total. The quantitative estimate of drug-likeness (QED) is 0.820. The van der Waals surface area contributed by atoms with Gasteiger partial charge in [-0.2, -0.15) is 0 Å². The second kappa shape index (κ2) is 3.93. The summed E-state index contributed by atoms with van der Waals surface area (Å²) in [5, 5.41) is 10.2. The summed E-state index contributed by atoms with van der Waals surface area (Å²) in [6, 6.07) is 1.62. The topological polar surface area (TPSA) is 62.5 Å². The maximum atomic E-state index is 12.3. The molecule has 0 aromatic carbocycles. The lowest BCUT2D eigenvalue weighted by Gasteiger charge is -2.46. The van der Waals surface area contributed by atoms with Crippen LogP contribution in [-0.2, 0) is 7.05 Å². The average Bonchev–Trinajstić information content (AvgIpc) is 3.08. The second-order valence-electron chi connectivity index (χ2n) is 5.82. The van der Waals surface area contributed by atoms with Crippen LogP contribution < -0.4 is 0 Å². The smallest absolute Gasteiger partial charge is 0.270 e. The van der Waals surface area contributed by atoms with Gasteiger partial charge in [0.1, 0.15) is 11.3 Å². The van der Waals surface area contributed by atoms with E-state index in [9.17, 15) is 14.7 Å². The molecule has 3 rings (SSSR count). The molecule has 0 radical (unpaired) electrons. The summed E-state index contributed by atoms with van der Waals surface area (Å²) < 4.78 is 1.67. The van der Waals surface area contributed by atoms with Crippen molar-refractivity contribution < 1.29 is 14.7 Å². The summed E-state index contributed by atoms with van der Waals surface area (Å²) in [7, 11) is 1.76. The Morgan fingerprint density at radius 1 is 1.37 bits per heavy atom. The second-order valence-corrected chi connectivity index (χ2v) is 5.82. The zero-order chi connectivity index (χ0) is 13.8. The van der Waals surface area contributed by atoms with Crippen molar-refractivity contribution in [3.63, 3.8) is 0 Å². The number of carbonyl (C=O) groups excluding carboxylic acids is 2. The lowest BCUT2D eigenvalue weighted by Crippen LogP contribution is -2.64. The summed E-state index contributed by atoms with van der Waals surface area (Å²) in [4.78, 5) is 25.3. The monoisotopic (exact) mass is 262 g/mol. The number of aryl methyl sites for hydroxylation is 1. The van der Waals surface area contributed by atoms with E-state index in [1.807, 2.05) is 0 Å². The van der Waals surface area contributed by atoms with Gasteiger partial charge in [0.05, 0.1) is 13.1 Å². The molecule has 1 saturated carbocycles. The molecule has 2 heterocycles. The van der Waals surface area contributed by atoms with Crippen LogP contribution in [0.15, 0.2) is 12.3 Å². The van der Waals surface area contributed by atoms with E-state index in [4.69, 9.17) is 0 Å². The van der Waals surface area contributed by atoms with Crippen molar-refractivity contribution in [3.8, 4) is 0 Å². The van der Waals surface area contributed by atoms with Crippen molar-refractivity contribution in [3.05, 3.63) is 23.5 Å². The number of likely N-dealkylation sites (tertiary alicyclic amines) is 1. The summed E-state index contributed by atoms with van der Waals surface area (Å²) in [6.07, 6.45) is 3.80. The summed E-state index contributed by atoms with van der Waals surface area (Å²) in [6.45, 7) is 2.31. The Balaban J connectivity index is 1.73. The lowest BCUT2D eigenvalue weighted by molar-refractivity contribution is -0.0960. The Hall–Kier alpha value is -1.62. The van der Waals surface area contributed by atoms with E-state index in [1.165, 1.54) is 6.92 Å². The molecule has 2 aliphatic rings. The number of hydrogen-bond acceptors (Lipinski definition) is 3. The van der Waals surface area contributed by atoms with Gasteiger partial charge in [0.25, 0.3) is 5.91 Å². The van der Waals surface area contributed by atoms with Crippen molar-refractivity contribution in [2.24, 2.45) is 13.0 Å². The van der Waals surface area contributed by atoms with Gasteiger partial charge in [0, 0.05) is 18.8 Å². The third-order valence-electron chi connectivity index (χ3n) is 4.18. The molecule has 0 unspecified atom stereocenters. The molecule has 2 fully saturated rings. The first kappa shape index (κ1) is 12.4. The minimum Gasteiger partial charge on any atom is -0.386 e. The molecular weight excluding hydrogens is 244 g/mol. The van der Waals surface area contributed by atoms with Gasteiger partial charge in [0.15, 0.2) is 5.78 Å². The highest BCUT2D eigenvalue weighted by Gasteiger charge is 2.53. The minimum atomic E-state index is -0.662. The van der Waals surface area contributed by atoms with E-state index in [2.05, 4.69) is 0 Å². The standard InChI is InChI=1S/C14H18N2O3/c1-9(17)10-5-12(15(2)6-10)13(18)16-7-14(19,8-16)11-3-4-11/h5-6,11,19H,3-4,7-8H2,1-2H3. The molecule has 0 bridgehead atoms. The maximum absolute atomic E-state index is 12.3. The van der Waals surface area contributed by atoms with Crippen LogP contribution in [0.5, 0.6) is 0 Å². The van der Waals surface area contributed by atoms with E-state index in [0.29, 0.717) is 30.3 Å². The highest BCUT2D eigenvalue weighted by atomic mass is 16.3. The molecule has 1 N–H and O–H groups in total. The van der Waals surface area contributed by atoms with Crippen LogP contribution in [0.25, 0.3) is 0 Å². The zero-order valence-corrected chi connectivity index (χ0v) is 11.2. The first-order valence-electron chi connectivity index (χ1n) is 6.60. The SMILES string of the molecule is CC(=O)c1cc(C(=O)N2CC(O)(C3CC3)C2)n(C)c1. The van der Waals surface area contributed by atoms with Gasteiger partial charge in [-0.05, 0) is 31.7 Å². The average molecular weight is 262 g/mol. The van der Waals surface area contributed by atoms with E-state index >= 15 is 0 Å². The number of rotatable bonds is 3. The number of aromatic nitrogens is 1. The molecule has 5 heteroatoms. The Morgan fingerprint density at radius 3 is 2.47 bits per heavy atom. The van der Waals surface area contributed by atoms with Crippen LogP contribution >= 0.6 is 0 Å². The predicted octanol–water partition coefficient (Wildman–Crippen LogP) is 0.825. The number of hydrogen-bond donors (Lipinski definition) is 1. The van der Waals surface area contributed by atoms with E-state index in [-0.39, 0.29) is 11.7 Å². The number of ketones is 1. The van der Waals surface area contributed by atoms with Crippen LogP contribution in [0.2, 0.25) is 0 Å². The molecule has 1 amide bonds. The Morgan fingerprint density at radius 2 is 2.00 bits per heavy atom. The number of β-amino-alcohol motifs (C(OH)–C–C–N with tert-alkyl or cyclic N) is 1. The fourth-order valence-electron chi connectivity index (χ4n) is 2.77. The molecule has 19 heavy (non-hydrogen) atoms. The Bertz CT molecular complexity index is 551. The van der Waals surface area contributed by atoms with Crippen LogP contribution in [0, 0.1) is 5.92 Å². The molecule has 1 aliphatic carbocycles. The van der Waals surface area contributed by atoms with Gasteiger partial charge in [-0.1, -0.05) is 0 Å². The van der Waals surface area contributed by atoms with E-state index < -0.39 is 5.60 Å². The van der Waals surface area contributed by atoms with Crippen molar-refractivity contribution >= 4 is 11.7 Å². The molecule has 1 aliphatic heterocycles. The van der Waals surface area contributed by atoms with Gasteiger partial charge in [-0.25, -0.2) is 0 Å². The number of nitrogens with zero attached hydrogens (tertiary/aromatic N) is 2. The highest BCUT2D eigenvalue weighted by molar-refractivity contribution is 5.99. The normalized spacial score (nSPS) is 21.1. The largest absolute Gasteiger partial charge is 0.386 e. The van der Waals surface area contributed by atoms with E-state index in [1.54, 1.807) is 28.8 Å². The third-order valence-corrected chi connectivity index (χ3v) is 4.18. The summed E-state index contributed by atoms with van der Waals surface area (Å²) in [5.74, 6) is 0.214. The van der Waals surface area contributed by atoms with Gasteiger partial charge >= 0.3 is 0 Å². The molecule has 0 atom stereocenters. The van der Waals surface area contributed by atoms with Crippen molar-refractivity contribution in [2.75, 3.05) is 13.1 Å². The van der Waals surface area contributed by atoms with Crippen LogP contribution in [0.3, 0.4) is 0 Å². The molecule has 1 aromatic rings. The van der Waals surface area contributed by atoms with Gasteiger partial charge < -0.3 is 14.6 Å². The maximum Gasteiger partial charge on any atom is 0.270 e. The fourth-order valence-corrected chi connectivity index (χ4v) is 2.77.